The van der Waals surface area contributed by atoms with Gasteiger partial charge in [-0.3, -0.25) is 4.79 Å². The number of guanidine groups is 1. The Bertz CT molecular complexity index is 691. The molecule has 31 heavy (non-hydrogen) atoms. The Morgan fingerprint density at radius 1 is 1.23 bits per heavy atom. The zero-order chi connectivity index (χ0) is 21.0. The summed E-state index contributed by atoms with van der Waals surface area (Å²) in [5.41, 5.74) is 1.92. The van der Waals surface area contributed by atoms with Crippen molar-refractivity contribution in [3.05, 3.63) is 29.8 Å². The fourth-order valence-electron chi connectivity index (χ4n) is 3.55. The van der Waals surface area contributed by atoms with Crippen LogP contribution in [0.5, 0.6) is 0 Å². The molecule has 1 aliphatic carbocycles. The number of carbonyl (C=O) groups excluding carboxylic acids is 1. The van der Waals surface area contributed by atoms with Crippen LogP contribution in [-0.2, 0) is 20.8 Å². The normalized spacial score (nSPS) is 18.7. The lowest BCUT2D eigenvalue weighted by molar-refractivity contribution is -0.122. The Kier molecular flexibility index (Phi) is 12.2. The maximum atomic E-state index is 12.1. The molecule has 2 aliphatic rings. The minimum Gasteiger partial charge on any atom is -0.379 e. The molecule has 8 heteroatoms. The molecule has 1 aromatic carbocycles. The summed E-state index contributed by atoms with van der Waals surface area (Å²) in [5, 5.41) is 9.66. The molecule has 0 spiro atoms. The van der Waals surface area contributed by atoms with E-state index in [1.165, 1.54) is 0 Å². The fourth-order valence-corrected chi connectivity index (χ4v) is 3.55. The second-order valence-corrected chi connectivity index (χ2v) is 8.00. The summed E-state index contributed by atoms with van der Waals surface area (Å²) < 4.78 is 11.3. The molecule has 1 heterocycles. The highest BCUT2D eigenvalue weighted by atomic mass is 127. The van der Waals surface area contributed by atoms with Gasteiger partial charge in [-0.2, -0.15) is 0 Å². The molecule has 1 aromatic rings. The number of nitrogens with zero attached hydrogens (tertiary/aromatic N) is 1. The summed E-state index contributed by atoms with van der Waals surface area (Å²) in [6.07, 6.45) is 6.63. The minimum atomic E-state index is 0. The van der Waals surface area contributed by atoms with E-state index in [0.717, 1.165) is 82.0 Å². The second kappa shape index (κ2) is 14.6. The Morgan fingerprint density at radius 2 is 2.10 bits per heavy atom. The van der Waals surface area contributed by atoms with Crippen LogP contribution >= 0.6 is 24.0 Å². The van der Waals surface area contributed by atoms with Gasteiger partial charge in [-0.15, -0.1) is 24.0 Å². The van der Waals surface area contributed by atoms with Gasteiger partial charge in [0.05, 0.1) is 19.3 Å². The molecule has 1 saturated heterocycles. The third kappa shape index (κ3) is 9.33. The average Bonchev–Trinajstić information content (AvgIpc) is 3.21. The Morgan fingerprint density at radius 3 is 2.81 bits per heavy atom. The van der Waals surface area contributed by atoms with Crippen LogP contribution in [0.1, 0.15) is 51.0 Å². The Hall–Kier alpha value is -1.39. The van der Waals surface area contributed by atoms with Crippen LogP contribution in [0.4, 0.5) is 5.69 Å². The lowest BCUT2D eigenvalue weighted by atomic mass is 9.85. The van der Waals surface area contributed by atoms with E-state index in [1.807, 2.05) is 24.3 Å². The number of anilines is 1. The number of carbonyl (C=O) groups is 1. The molecule has 2 fully saturated rings. The molecule has 1 amide bonds. The number of hydrogen-bond acceptors (Lipinski definition) is 4. The van der Waals surface area contributed by atoms with E-state index in [-0.39, 0.29) is 41.9 Å². The van der Waals surface area contributed by atoms with Crippen molar-refractivity contribution < 1.29 is 14.3 Å². The monoisotopic (exact) mass is 544 g/mol. The number of benzene rings is 1. The summed E-state index contributed by atoms with van der Waals surface area (Å²) >= 11 is 0. The molecule has 1 saturated carbocycles. The van der Waals surface area contributed by atoms with Gasteiger partial charge in [-0.1, -0.05) is 18.6 Å². The van der Waals surface area contributed by atoms with Crippen LogP contribution in [0.25, 0.3) is 0 Å². The summed E-state index contributed by atoms with van der Waals surface area (Å²) in [4.78, 5) is 16.8. The number of amides is 1. The topological polar surface area (TPSA) is 84.0 Å². The molecule has 1 aliphatic heterocycles. The molecule has 0 bridgehead atoms. The van der Waals surface area contributed by atoms with E-state index >= 15 is 0 Å². The Balaban J connectivity index is 0.00000341. The van der Waals surface area contributed by atoms with Crippen LogP contribution in [-0.4, -0.2) is 50.9 Å². The van der Waals surface area contributed by atoms with Crippen LogP contribution in [0.15, 0.2) is 29.3 Å². The first-order chi connectivity index (χ1) is 14.7. The number of halogens is 1. The maximum absolute atomic E-state index is 12.1. The lowest BCUT2D eigenvalue weighted by Gasteiger charge is -2.24. The van der Waals surface area contributed by atoms with E-state index < -0.39 is 0 Å². The second-order valence-electron chi connectivity index (χ2n) is 8.00. The number of rotatable bonds is 11. The lowest BCUT2D eigenvalue weighted by Crippen LogP contribution is -2.38. The van der Waals surface area contributed by atoms with Gasteiger partial charge >= 0.3 is 0 Å². The number of hydrogen-bond donors (Lipinski definition) is 3. The van der Waals surface area contributed by atoms with Crippen molar-refractivity contribution in [1.29, 1.82) is 0 Å². The van der Waals surface area contributed by atoms with E-state index in [1.54, 1.807) is 0 Å². The van der Waals surface area contributed by atoms with Gasteiger partial charge in [0.2, 0.25) is 5.91 Å². The molecule has 0 radical (unpaired) electrons. The van der Waals surface area contributed by atoms with Gasteiger partial charge in [0.1, 0.15) is 0 Å². The molecule has 1 unspecified atom stereocenters. The number of aliphatic imine (C=N–C) groups is 1. The van der Waals surface area contributed by atoms with Crippen molar-refractivity contribution in [3.8, 4) is 0 Å². The van der Waals surface area contributed by atoms with Crippen molar-refractivity contribution >= 4 is 41.5 Å². The number of nitrogens with one attached hydrogen (secondary N) is 3. The molecule has 174 valence electrons. The first-order valence-electron chi connectivity index (χ1n) is 11.4. The van der Waals surface area contributed by atoms with Gasteiger partial charge in [0.15, 0.2) is 5.96 Å². The molecule has 3 N–H and O–H groups in total. The highest BCUT2D eigenvalue weighted by Gasteiger charge is 2.25. The van der Waals surface area contributed by atoms with E-state index in [2.05, 4.69) is 27.9 Å². The predicted molar refractivity (Wildman–Crippen MR) is 135 cm³/mol. The predicted octanol–water partition coefficient (Wildman–Crippen LogP) is 3.68. The van der Waals surface area contributed by atoms with Crippen molar-refractivity contribution in [2.45, 2.75) is 58.1 Å². The van der Waals surface area contributed by atoms with Crippen molar-refractivity contribution in [3.63, 3.8) is 0 Å². The van der Waals surface area contributed by atoms with Crippen molar-refractivity contribution in [1.82, 2.24) is 10.6 Å². The zero-order valence-corrected chi connectivity index (χ0v) is 20.9. The molecule has 1 atom stereocenters. The standard InChI is InChI=1S/C23H36N4O3.HI/c1-2-24-23(25-12-6-13-29-17-21-11-5-14-30-21)26-16-18-7-3-10-20(15-18)27-22(28)19-8-4-9-19;/h3,7,10,15,19,21H,2,4-6,8-9,11-14,16-17H2,1H3,(H,27,28)(H2,24,25,26);1H. The largest absolute Gasteiger partial charge is 0.379 e. The third-order valence-electron chi connectivity index (χ3n) is 5.52. The first-order valence-corrected chi connectivity index (χ1v) is 11.4. The third-order valence-corrected chi connectivity index (χ3v) is 5.52. The van der Waals surface area contributed by atoms with Crippen molar-refractivity contribution in [2.75, 3.05) is 38.2 Å². The molecular weight excluding hydrogens is 507 g/mol. The van der Waals surface area contributed by atoms with E-state index in [0.29, 0.717) is 13.2 Å². The molecule has 0 aromatic heterocycles. The van der Waals surface area contributed by atoms with Gasteiger partial charge in [-0.25, -0.2) is 4.99 Å². The van der Waals surface area contributed by atoms with Crippen LogP contribution in [0, 0.1) is 5.92 Å². The molecule has 7 nitrogen and oxygen atoms in total. The zero-order valence-electron chi connectivity index (χ0n) is 18.5. The van der Waals surface area contributed by atoms with Gasteiger partial charge in [-0.05, 0) is 56.7 Å². The van der Waals surface area contributed by atoms with Crippen LogP contribution in [0.2, 0.25) is 0 Å². The van der Waals surface area contributed by atoms with Gasteiger partial charge < -0.3 is 25.4 Å². The smallest absolute Gasteiger partial charge is 0.227 e. The SMILES string of the molecule is CCNC(=NCc1cccc(NC(=O)C2CCC2)c1)NCCCOCC1CCCO1.I. The minimum absolute atomic E-state index is 0. The average molecular weight is 544 g/mol. The molecule has 3 rings (SSSR count). The summed E-state index contributed by atoms with van der Waals surface area (Å²) in [6, 6.07) is 7.93. The van der Waals surface area contributed by atoms with E-state index in [4.69, 9.17) is 9.47 Å². The summed E-state index contributed by atoms with van der Waals surface area (Å²) in [6.45, 7) is 6.49. The summed E-state index contributed by atoms with van der Waals surface area (Å²) in [7, 11) is 0. The molecular formula is C23H37IN4O3. The highest BCUT2D eigenvalue weighted by molar-refractivity contribution is 14.0. The summed E-state index contributed by atoms with van der Waals surface area (Å²) in [5.74, 6) is 1.12. The quantitative estimate of drug-likeness (QED) is 0.171. The highest BCUT2D eigenvalue weighted by Crippen LogP contribution is 2.27. The van der Waals surface area contributed by atoms with Crippen molar-refractivity contribution in [2.24, 2.45) is 10.9 Å². The first kappa shape index (κ1) is 25.9. The fraction of sp³-hybridized carbons (Fsp3) is 0.652. The van der Waals surface area contributed by atoms with E-state index in [9.17, 15) is 4.79 Å². The maximum Gasteiger partial charge on any atom is 0.227 e. The van der Waals surface area contributed by atoms with Crippen LogP contribution in [0.3, 0.4) is 0 Å². The van der Waals surface area contributed by atoms with Gasteiger partial charge in [0.25, 0.3) is 0 Å². The Labute approximate surface area is 203 Å². The number of ether oxygens (including phenoxy) is 2. The van der Waals surface area contributed by atoms with Crippen LogP contribution < -0.4 is 16.0 Å². The van der Waals surface area contributed by atoms with Gasteiger partial charge in [0, 0.05) is 37.9 Å².